The van der Waals surface area contributed by atoms with Gasteiger partial charge in [0, 0.05) is 25.2 Å². The average molecular weight is 345 g/mol. The molecule has 8 nitrogen and oxygen atoms in total. The molecule has 0 aromatic heterocycles. The average Bonchev–Trinajstić information content (AvgIpc) is 2.78. The SMILES string of the molecule is C[C@H]1C[C@H](C)CN(C(=O)CN2C(=O)c3ccc([N+](=O)[O-])cc3C2=O)C1. The largest absolute Gasteiger partial charge is 0.341 e. The molecule has 2 aliphatic heterocycles. The van der Waals surface area contributed by atoms with Crippen molar-refractivity contribution in [2.75, 3.05) is 19.6 Å². The number of rotatable bonds is 3. The lowest BCUT2D eigenvalue weighted by Crippen LogP contribution is -2.48. The van der Waals surface area contributed by atoms with Gasteiger partial charge in [-0.05, 0) is 24.3 Å². The number of non-ortho nitro benzene ring substituents is 1. The van der Waals surface area contributed by atoms with Crippen LogP contribution >= 0.6 is 0 Å². The van der Waals surface area contributed by atoms with Gasteiger partial charge in [-0.15, -0.1) is 0 Å². The van der Waals surface area contributed by atoms with Crippen LogP contribution in [0, 0.1) is 22.0 Å². The number of hydrogen-bond acceptors (Lipinski definition) is 5. The molecule has 0 bridgehead atoms. The number of carbonyl (C=O) groups is 3. The number of nitrogens with zero attached hydrogens (tertiary/aromatic N) is 3. The van der Waals surface area contributed by atoms with Gasteiger partial charge in [0.05, 0.1) is 16.1 Å². The van der Waals surface area contributed by atoms with E-state index in [-0.39, 0.29) is 29.3 Å². The molecule has 3 amide bonds. The van der Waals surface area contributed by atoms with Gasteiger partial charge in [-0.25, -0.2) is 0 Å². The van der Waals surface area contributed by atoms with Crippen molar-refractivity contribution in [1.82, 2.24) is 9.80 Å². The summed E-state index contributed by atoms with van der Waals surface area (Å²) >= 11 is 0. The lowest BCUT2D eigenvalue weighted by atomic mass is 9.92. The molecule has 2 heterocycles. The van der Waals surface area contributed by atoms with Gasteiger partial charge >= 0.3 is 0 Å². The van der Waals surface area contributed by atoms with E-state index in [1.165, 1.54) is 12.1 Å². The fraction of sp³-hybridized carbons (Fsp3) is 0.471. The van der Waals surface area contributed by atoms with E-state index in [1.807, 2.05) is 0 Å². The van der Waals surface area contributed by atoms with Gasteiger partial charge in [0.25, 0.3) is 17.5 Å². The first kappa shape index (κ1) is 17.1. The molecule has 0 saturated carbocycles. The second kappa shape index (κ2) is 6.27. The summed E-state index contributed by atoms with van der Waals surface area (Å²) in [6, 6.07) is 3.54. The minimum absolute atomic E-state index is 0.0209. The van der Waals surface area contributed by atoms with E-state index in [1.54, 1.807) is 4.90 Å². The van der Waals surface area contributed by atoms with Gasteiger partial charge in [0.15, 0.2) is 0 Å². The van der Waals surface area contributed by atoms with Crippen LogP contribution in [0.4, 0.5) is 5.69 Å². The van der Waals surface area contributed by atoms with Gasteiger partial charge in [-0.2, -0.15) is 0 Å². The summed E-state index contributed by atoms with van der Waals surface area (Å²) in [5.74, 6) is -0.769. The normalized spacial score (nSPS) is 23.0. The van der Waals surface area contributed by atoms with Crippen molar-refractivity contribution in [2.45, 2.75) is 20.3 Å². The molecule has 8 heteroatoms. The number of benzene rings is 1. The fourth-order valence-electron chi connectivity index (χ4n) is 3.64. The first-order chi connectivity index (χ1) is 11.8. The maximum absolute atomic E-state index is 12.5. The fourth-order valence-corrected chi connectivity index (χ4v) is 3.64. The molecular formula is C17H19N3O5. The molecule has 1 aromatic rings. The second-order valence-corrected chi connectivity index (χ2v) is 6.93. The first-order valence-electron chi connectivity index (χ1n) is 8.20. The van der Waals surface area contributed by atoms with Crippen LogP contribution in [0.3, 0.4) is 0 Å². The molecule has 2 aliphatic rings. The topological polar surface area (TPSA) is 101 Å². The van der Waals surface area contributed by atoms with Crippen molar-refractivity contribution in [3.8, 4) is 0 Å². The maximum atomic E-state index is 12.5. The van der Waals surface area contributed by atoms with Crippen molar-refractivity contribution in [3.63, 3.8) is 0 Å². The van der Waals surface area contributed by atoms with E-state index < -0.39 is 16.7 Å². The number of carbonyl (C=O) groups excluding carboxylic acids is 3. The highest BCUT2D eigenvalue weighted by Gasteiger charge is 2.39. The molecule has 132 valence electrons. The summed E-state index contributed by atoms with van der Waals surface area (Å²) in [4.78, 5) is 50.2. The number of nitro groups is 1. The van der Waals surface area contributed by atoms with Gasteiger partial charge in [-0.3, -0.25) is 29.4 Å². The zero-order valence-electron chi connectivity index (χ0n) is 14.1. The molecule has 1 aromatic carbocycles. The maximum Gasteiger partial charge on any atom is 0.270 e. The Labute approximate surface area is 144 Å². The predicted octanol–water partition coefficient (Wildman–Crippen LogP) is 1.70. The molecule has 2 atom stereocenters. The molecule has 25 heavy (non-hydrogen) atoms. The second-order valence-electron chi connectivity index (χ2n) is 6.93. The summed E-state index contributed by atoms with van der Waals surface area (Å²) in [5, 5.41) is 10.9. The first-order valence-corrected chi connectivity index (χ1v) is 8.20. The van der Waals surface area contributed by atoms with Crippen molar-refractivity contribution >= 4 is 23.4 Å². The van der Waals surface area contributed by atoms with Crippen LogP contribution in [-0.4, -0.2) is 52.1 Å². The number of hydrogen-bond donors (Lipinski definition) is 0. The molecule has 3 rings (SSSR count). The van der Waals surface area contributed by atoms with Crippen LogP contribution in [0.1, 0.15) is 41.0 Å². The third-order valence-electron chi connectivity index (χ3n) is 4.68. The minimum atomic E-state index is -0.657. The number of amides is 3. The van der Waals surface area contributed by atoms with E-state index in [0.29, 0.717) is 24.9 Å². The highest BCUT2D eigenvalue weighted by Crippen LogP contribution is 2.27. The van der Waals surface area contributed by atoms with Crippen LogP contribution in [0.5, 0.6) is 0 Å². The minimum Gasteiger partial charge on any atom is -0.341 e. The Morgan fingerprint density at radius 2 is 1.76 bits per heavy atom. The Morgan fingerprint density at radius 1 is 1.16 bits per heavy atom. The van der Waals surface area contributed by atoms with Crippen molar-refractivity contribution < 1.29 is 19.3 Å². The molecule has 1 saturated heterocycles. The standard InChI is InChI=1S/C17H19N3O5/c1-10-5-11(2)8-18(7-10)15(21)9-19-16(22)13-4-3-12(20(24)25)6-14(13)17(19)23/h3-4,6,10-11H,5,7-9H2,1-2H3/t10-,11-/m0/s1. The number of piperidine rings is 1. The Morgan fingerprint density at radius 3 is 2.36 bits per heavy atom. The number of fused-ring (bicyclic) bond motifs is 1. The van der Waals surface area contributed by atoms with Crippen LogP contribution in [0.15, 0.2) is 18.2 Å². The number of imide groups is 1. The quantitative estimate of drug-likeness (QED) is 0.471. The van der Waals surface area contributed by atoms with Crippen LogP contribution in [0.2, 0.25) is 0 Å². The van der Waals surface area contributed by atoms with Gasteiger partial charge in [-0.1, -0.05) is 13.8 Å². The summed E-state index contributed by atoms with van der Waals surface area (Å²) in [5.41, 5.74) is -0.178. The molecule has 0 N–H and O–H groups in total. The lowest BCUT2D eigenvalue weighted by Gasteiger charge is -2.35. The molecule has 1 fully saturated rings. The highest BCUT2D eigenvalue weighted by atomic mass is 16.6. The van der Waals surface area contributed by atoms with E-state index in [4.69, 9.17) is 0 Å². The third kappa shape index (κ3) is 3.11. The smallest absolute Gasteiger partial charge is 0.270 e. The van der Waals surface area contributed by atoms with Crippen LogP contribution in [-0.2, 0) is 4.79 Å². The van der Waals surface area contributed by atoms with Crippen LogP contribution < -0.4 is 0 Å². The number of likely N-dealkylation sites (tertiary alicyclic amines) is 1. The van der Waals surface area contributed by atoms with Crippen molar-refractivity contribution in [2.24, 2.45) is 11.8 Å². The summed E-state index contributed by atoms with van der Waals surface area (Å²) in [7, 11) is 0. The Hall–Kier alpha value is -2.77. The Kier molecular flexibility index (Phi) is 4.28. The van der Waals surface area contributed by atoms with Gasteiger partial charge < -0.3 is 4.90 Å². The summed E-state index contributed by atoms with van der Waals surface area (Å²) in [6.07, 6.45) is 1.04. The van der Waals surface area contributed by atoms with E-state index in [2.05, 4.69) is 13.8 Å². The number of nitro benzene ring substituents is 1. The molecular weight excluding hydrogens is 326 g/mol. The van der Waals surface area contributed by atoms with E-state index >= 15 is 0 Å². The predicted molar refractivity (Wildman–Crippen MR) is 88.0 cm³/mol. The van der Waals surface area contributed by atoms with Crippen molar-refractivity contribution in [1.29, 1.82) is 0 Å². The highest BCUT2D eigenvalue weighted by molar-refractivity contribution is 6.22. The molecule has 0 radical (unpaired) electrons. The zero-order chi connectivity index (χ0) is 18.3. The molecule has 0 unspecified atom stereocenters. The van der Waals surface area contributed by atoms with Gasteiger partial charge in [0.1, 0.15) is 6.54 Å². The monoisotopic (exact) mass is 345 g/mol. The van der Waals surface area contributed by atoms with Crippen molar-refractivity contribution in [3.05, 3.63) is 39.4 Å². The Bertz CT molecular complexity index is 766. The third-order valence-corrected chi connectivity index (χ3v) is 4.68. The molecule has 0 spiro atoms. The summed E-state index contributed by atoms with van der Waals surface area (Å²) < 4.78 is 0. The molecule has 0 aliphatic carbocycles. The lowest BCUT2D eigenvalue weighted by molar-refractivity contribution is -0.384. The van der Waals surface area contributed by atoms with E-state index in [9.17, 15) is 24.5 Å². The van der Waals surface area contributed by atoms with Gasteiger partial charge in [0.2, 0.25) is 5.91 Å². The van der Waals surface area contributed by atoms with E-state index in [0.717, 1.165) is 17.4 Å². The Balaban J connectivity index is 1.77. The zero-order valence-corrected chi connectivity index (χ0v) is 14.1. The van der Waals surface area contributed by atoms with Crippen LogP contribution in [0.25, 0.3) is 0 Å². The summed E-state index contributed by atoms with van der Waals surface area (Å²) in [6.45, 7) is 5.02.